The topological polar surface area (TPSA) is 93.1 Å². The molecule has 1 saturated heterocycles. The number of hydrogen-bond donors (Lipinski definition) is 2. The number of phenolic OH excluding ortho intramolecular Hbond substituents is 1. The zero-order valence-corrected chi connectivity index (χ0v) is 23.3. The van der Waals surface area contributed by atoms with Gasteiger partial charge in [-0.3, -0.25) is 0 Å². The molecule has 4 aromatic carbocycles. The van der Waals surface area contributed by atoms with Crippen LogP contribution >= 0.6 is 0 Å². The second-order valence-corrected chi connectivity index (χ2v) is 12.7. The van der Waals surface area contributed by atoms with Crippen molar-refractivity contribution in [3.63, 3.8) is 0 Å². The van der Waals surface area contributed by atoms with Gasteiger partial charge in [0, 0.05) is 11.7 Å². The lowest BCUT2D eigenvalue weighted by Crippen LogP contribution is -2.42. The van der Waals surface area contributed by atoms with Crippen molar-refractivity contribution in [2.24, 2.45) is 0 Å². The van der Waals surface area contributed by atoms with Crippen LogP contribution in [0.1, 0.15) is 24.0 Å². The van der Waals surface area contributed by atoms with E-state index in [0.29, 0.717) is 24.2 Å². The highest BCUT2D eigenvalue weighted by molar-refractivity contribution is 7.92. The van der Waals surface area contributed by atoms with Crippen molar-refractivity contribution < 1.29 is 27.9 Å². The molecule has 1 fully saturated rings. The fourth-order valence-corrected chi connectivity index (χ4v) is 8.05. The molecule has 6 nitrogen and oxygen atoms in total. The molecule has 2 aliphatic rings. The number of ether oxygens (including phenoxy) is 1. The molecule has 8 heteroatoms. The predicted octanol–water partition coefficient (Wildman–Crippen LogP) is 5.92. The van der Waals surface area contributed by atoms with Crippen molar-refractivity contribution in [3.8, 4) is 11.5 Å². The van der Waals surface area contributed by atoms with Crippen LogP contribution < -0.4 is 4.74 Å². The molecule has 6 rings (SSSR count). The first kappa shape index (κ1) is 27.3. The Morgan fingerprint density at radius 2 is 1.61 bits per heavy atom. The summed E-state index contributed by atoms with van der Waals surface area (Å²) in [5.41, 5.74) is 4.50. The molecule has 0 aromatic heterocycles. The highest BCUT2D eigenvalue weighted by Crippen LogP contribution is 2.41. The van der Waals surface area contributed by atoms with E-state index in [1.165, 1.54) is 0 Å². The van der Waals surface area contributed by atoms with E-state index in [4.69, 9.17) is 9.39 Å². The average Bonchev–Trinajstić information content (AvgIpc) is 3.25. The maximum absolute atomic E-state index is 13.2. The number of fused-ring (bicyclic) bond motifs is 2. The van der Waals surface area contributed by atoms with E-state index in [1.807, 2.05) is 91.0 Å². The van der Waals surface area contributed by atoms with Gasteiger partial charge in [-0.25, -0.2) is 8.42 Å². The van der Waals surface area contributed by atoms with E-state index >= 15 is 0 Å². The number of phenols is 1. The first-order chi connectivity index (χ1) is 19.9. The van der Waals surface area contributed by atoms with E-state index in [1.54, 1.807) is 6.07 Å². The summed E-state index contributed by atoms with van der Waals surface area (Å²) in [5, 5.41) is 21.9. The van der Waals surface area contributed by atoms with Gasteiger partial charge in [0.1, 0.15) is 18.1 Å². The molecule has 41 heavy (non-hydrogen) atoms. The summed E-state index contributed by atoms with van der Waals surface area (Å²) >= 11 is 0. The Labute approximate surface area is 240 Å². The molecule has 2 N–H and O–H groups in total. The number of hydrogen-bond acceptors (Lipinski definition) is 6. The van der Waals surface area contributed by atoms with Gasteiger partial charge < -0.3 is 19.5 Å². The number of rotatable bonds is 8. The zero-order chi connectivity index (χ0) is 28.4. The average molecular weight is 566 g/mol. The third kappa shape index (κ3) is 5.82. The lowest BCUT2D eigenvalue weighted by atomic mass is 9.74. The van der Waals surface area contributed by atoms with Gasteiger partial charge in [0.2, 0.25) is 0 Å². The van der Waals surface area contributed by atoms with Gasteiger partial charge >= 0.3 is 7.12 Å². The number of allylic oxidation sites excluding steroid dienone is 1. The van der Waals surface area contributed by atoms with Crippen LogP contribution in [0.2, 0.25) is 6.32 Å². The quantitative estimate of drug-likeness (QED) is 0.156. The Kier molecular flexibility index (Phi) is 7.71. The van der Waals surface area contributed by atoms with Gasteiger partial charge in [0.05, 0.1) is 17.1 Å². The van der Waals surface area contributed by atoms with Crippen LogP contribution in [0.15, 0.2) is 108 Å². The lowest BCUT2D eigenvalue weighted by Gasteiger charge is -2.32. The highest BCUT2D eigenvalue weighted by Gasteiger charge is 2.48. The number of sulfone groups is 1. The van der Waals surface area contributed by atoms with E-state index < -0.39 is 28.3 Å². The molecule has 0 radical (unpaired) electrons. The van der Waals surface area contributed by atoms with Gasteiger partial charge in [-0.2, -0.15) is 0 Å². The molecule has 208 valence electrons. The predicted molar refractivity (Wildman–Crippen MR) is 163 cm³/mol. The van der Waals surface area contributed by atoms with Gasteiger partial charge in [-0.05, 0) is 64.3 Å². The van der Waals surface area contributed by atoms with Gasteiger partial charge in [0.15, 0.2) is 9.84 Å². The molecule has 0 aliphatic carbocycles. The van der Waals surface area contributed by atoms with Crippen LogP contribution in [0.3, 0.4) is 0 Å². The van der Waals surface area contributed by atoms with Crippen molar-refractivity contribution in [1.82, 2.24) is 0 Å². The fourth-order valence-electron chi connectivity index (χ4n) is 5.95. The van der Waals surface area contributed by atoms with Gasteiger partial charge in [-0.1, -0.05) is 84.9 Å². The minimum Gasteiger partial charge on any atom is -0.507 e. The Balaban J connectivity index is 1.33. The maximum atomic E-state index is 13.2. The molecular formula is C33H31BO6S. The van der Waals surface area contributed by atoms with Crippen LogP contribution in [0.5, 0.6) is 11.5 Å². The normalized spacial score (nSPS) is 20.3. The third-order valence-corrected chi connectivity index (χ3v) is 9.95. The van der Waals surface area contributed by atoms with Crippen molar-refractivity contribution in [2.45, 2.75) is 30.5 Å². The SMILES string of the molecule is O=S1(=O)CC(COc2ccccc2)=C2[C@@H](CC/C(=C/c3ccc(O)c4ccccc34)c3ccccc3)OB(O)C[C@@H]21. The Hall–Kier alpha value is -3.85. The monoisotopic (exact) mass is 566 g/mol. The first-order valence-corrected chi connectivity index (χ1v) is 15.5. The molecule has 2 heterocycles. The zero-order valence-electron chi connectivity index (χ0n) is 22.5. The summed E-state index contributed by atoms with van der Waals surface area (Å²) in [7, 11) is -4.62. The molecule has 0 amide bonds. The second kappa shape index (κ2) is 11.6. The van der Waals surface area contributed by atoms with Crippen LogP contribution in [-0.4, -0.2) is 49.4 Å². The molecular weight excluding hydrogens is 535 g/mol. The Morgan fingerprint density at radius 1 is 0.927 bits per heavy atom. The third-order valence-electron chi connectivity index (χ3n) is 7.89. The summed E-state index contributed by atoms with van der Waals surface area (Å²) in [5.74, 6) is 0.812. The number of para-hydroxylation sites is 1. The first-order valence-electron chi connectivity index (χ1n) is 13.8. The molecule has 4 aromatic rings. The molecule has 2 atom stereocenters. The van der Waals surface area contributed by atoms with Crippen molar-refractivity contribution in [1.29, 1.82) is 0 Å². The highest BCUT2D eigenvalue weighted by atomic mass is 32.2. The van der Waals surface area contributed by atoms with Crippen LogP contribution in [0, 0.1) is 0 Å². The molecule has 0 saturated carbocycles. The van der Waals surface area contributed by atoms with E-state index in [0.717, 1.165) is 33.0 Å². The molecule has 0 bridgehead atoms. The smallest absolute Gasteiger partial charge is 0.456 e. The minimum absolute atomic E-state index is 0.0316. The summed E-state index contributed by atoms with van der Waals surface area (Å²) < 4.78 is 38.3. The number of benzene rings is 4. The van der Waals surface area contributed by atoms with Crippen LogP contribution in [0.25, 0.3) is 22.4 Å². The number of aromatic hydroxyl groups is 1. The van der Waals surface area contributed by atoms with Crippen molar-refractivity contribution >= 4 is 39.4 Å². The van der Waals surface area contributed by atoms with E-state index in [9.17, 15) is 18.5 Å². The lowest BCUT2D eigenvalue weighted by molar-refractivity contribution is 0.170. The van der Waals surface area contributed by atoms with E-state index in [2.05, 4.69) is 6.08 Å². The molecule has 2 aliphatic heterocycles. The van der Waals surface area contributed by atoms with Crippen LogP contribution in [0.4, 0.5) is 0 Å². The minimum atomic E-state index is -3.47. The van der Waals surface area contributed by atoms with Gasteiger partial charge in [-0.15, -0.1) is 0 Å². The summed E-state index contributed by atoms with van der Waals surface area (Å²) in [6.45, 7) is 0.159. The van der Waals surface area contributed by atoms with Crippen LogP contribution in [-0.2, 0) is 14.5 Å². The fraction of sp³-hybridized carbons (Fsp3) is 0.212. The summed E-state index contributed by atoms with van der Waals surface area (Å²) in [6.07, 6.45) is 2.67. The Bertz CT molecular complexity index is 1720. The maximum Gasteiger partial charge on any atom is 0.456 e. The standard InChI is InChI=1S/C33H31BO6S/c35-30-17-15-25(28-13-7-8-14-29(28)30)19-24(23-9-3-1-4-10-23)16-18-31-33-26(21-39-27-11-5-2-6-12-27)22-41(37,38)32(33)20-34(36)40-31/h1-15,17,19,31-32,35-36H,16,18,20-22H2/b24-19-/t31-,32+/m1/s1. The molecule has 0 unspecified atom stereocenters. The largest absolute Gasteiger partial charge is 0.507 e. The van der Waals surface area contributed by atoms with Gasteiger partial charge in [0.25, 0.3) is 0 Å². The molecule has 0 spiro atoms. The summed E-state index contributed by atoms with van der Waals surface area (Å²) in [4.78, 5) is 0. The van der Waals surface area contributed by atoms with E-state index in [-0.39, 0.29) is 24.4 Å². The van der Waals surface area contributed by atoms with Crippen molar-refractivity contribution in [3.05, 3.63) is 119 Å². The summed E-state index contributed by atoms with van der Waals surface area (Å²) in [6, 6.07) is 30.7. The van der Waals surface area contributed by atoms with Crippen molar-refractivity contribution in [2.75, 3.05) is 12.4 Å². The Morgan fingerprint density at radius 3 is 2.37 bits per heavy atom. The second-order valence-electron chi connectivity index (χ2n) is 10.6.